The van der Waals surface area contributed by atoms with Crippen molar-refractivity contribution in [1.82, 2.24) is 24.6 Å². The van der Waals surface area contributed by atoms with Crippen molar-refractivity contribution in [1.29, 1.82) is 0 Å². The van der Waals surface area contributed by atoms with Gasteiger partial charge < -0.3 is 14.6 Å². The van der Waals surface area contributed by atoms with Crippen LogP contribution in [0, 0.1) is 0 Å². The summed E-state index contributed by atoms with van der Waals surface area (Å²) in [4.78, 5) is 19.2. The van der Waals surface area contributed by atoms with Crippen molar-refractivity contribution >= 4 is 34.1 Å². The van der Waals surface area contributed by atoms with Gasteiger partial charge in [0.1, 0.15) is 5.82 Å². The standard InChI is InChI=1S/C20H24N6O2S2/c1-2-26-17(12-25-8-10-28-11-9-25)23-24-20(26)30-14-18(27)22-19-21-16(13-29-19)15-6-4-3-5-7-15/h3-7,13H,2,8-12,14H2,1H3,(H,21,22,27). The molecule has 0 saturated carbocycles. The first kappa shape index (κ1) is 21.0. The third-order valence-electron chi connectivity index (χ3n) is 4.73. The van der Waals surface area contributed by atoms with Crippen LogP contribution in [0.3, 0.4) is 0 Å². The third-order valence-corrected chi connectivity index (χ3v) is 6.46. The summed E-state index contributed by atoms with van der Waals surface area (Å²) >= 11 is 2.82. The highest BCUT2D eigenvalue weighted by Crippen LogP contribution is 2.25. The van der Waals surface area contributed by atoms with Gasteiger partial charge in [0.15, 0.2) is 10.3 Å². The Labute approximate surface area is 183 Å². The maximum atomic E-state index is 12.4. The van der Waals surface area contributed by atoms with Gasteiger partial charge in [0.05, 0.1) is 31.2 Å². The Morgan fingerprint density at radius 2 is 2.03 bits per heavy atom. The summed E-state index contributed by atoms with van der Waals surface area (Å²) in [6.07, 6.45) is 0. The topological polar surface area (TPSA) is 85.2 Å². The number of morpholine rings is 1. The molecule has 10 heteroatoms. The second-order valence-corrected chi connectivity index (χ2v) is 8.57. The van der Waals surface area contributed by atoms with Crippen LogP contribution < -0.4 is 5.32 Å². The minimum Gasteiger partial charge on any atom is -0.379 e. The number of thiazole rings is 1. The van der Waals surface area contributed by atoms with Gasteiger partial charge in [0.25, 0.3) is 0 Å². The molecule has 0 unspecified atom stereocenters. The Bertz CT molecular complexity index is 969. The fourth-order valence-electron chi connectivity index (χ4n) is 3.18. The smallest absolute Gasteiger partial charge is 0.236 e. The van der Waals surface area contributed by atoms with E-state index in [0.29, 0.717) is 5.13 Å². The van der Waals surface area contributed by atoms with Crippen molar-refractivity contribution in [2.75, 3.05) is 37.4 Å². The van der Waals surface area contributed by atoms with Crippen LogP contribution in [0.2, 0.25) is 0 Å². The lowest BCUT2D eigenvalue weighted by Crippen LogP contribution is -2.36. The second kappa shape index (κ2) is 10.2. The van der Waals surface area contributed by atoms with E-state index in [4.69, 9.17) is 4.74 Å². The molecule has 1 aliphatic rings. The predicted molar refractivity (Wildman–Crippen MR) is 119 cm³/mol. The maximum absolute atomic E-state index is 12.4. The van der Waals surface area contributed by atoms with Crippen LogP contribution in [0.5, 0.6) is 0 Å². The number of thioether (sulfide) groups is 1. The molecule has 1 N–H and O–H groups in total. The lowest BCUT2D eigenvalue weighted by molar-refractivity contribution is -0.113. The summed E-state index contributed by atoms with van der Waals surface area (Å²) in [5.41, 5.74) is 1.90. The maximum Gasteiger partial charge on any atom is 0.236 e. The van der Waals surface area contributed by atoms with Crippen molar-refractivity contribution in [3.63, 3.8) is 0 Å². The van der Waals surface area contributed by atoms with Crippen LogP contribution in [0.15, 0.2) is 40.9 Å². The van der Waals surface area contributed by atoms with Gasteiger partial charge in [-0.05, 0) is 6.92 Å². The first-order valence-corrected chi connectivity index (χ1v) is 11.7. The Hall–Kier alpha value is -2.27. The summed E-state index contributed by atoms with van der Waals surface area (Å²) in [6.45, 7) is 6.90. The number of carbonyl (C=O) groups excluding carboxylic acids is 1. The molecule has 1 amide bonds. The molecule has 2 aromatic heterocycles. The molecule has 158 valence electrons. The Morgan fingerprint density at radius 3 is 2.80 bits per heavy atom. The normalized spacial score (nSPS) is 14.7. The number of ether oxygens (including phenoxy) is 1. The quantitative estimate of drug-likeness (QED) is 0.535. The second-order valence-electron chi connectivity index (χ2n) is 6.77. The van der Waals surface area contributed by atoms with E-state index in [1.165, 1.54) is 23.1 Å². The van der Waals surface area contributed by atoms with E-state index < -0.39 is 0 Å². The molecule has 1 aliphatic heterocycles. The lowest BCUT2D eigenvalue weighted by Gasteiger charge is -2.26. The molecule has 1 aromatic carbocycles. The lowest BCUT2D eigenvalue weighted by atomic mass is 10.2. The molecule has 4 rings (SSSR count). The van der Waals surface area contributed by atoms with Crippen molar-refractivity contribution in [3.05, 3.63) is 41.5 Å². The van der Waals surface area contributed by atoms with Gasteiger partial charge in [0, 0.05) is 30.6 Å². The molecule has 0 bridgehead atoms. The van der Waals surface area contributed by atoms with E-state index in [2.05, 4.69) is 36.9 Å². The SMILES string of the molecule is CCn1c(CN2CCOCC2)nnc1SCC(=O)Nc1nc(-c2ccccc2)cs1. The minimum absolute atomic E-state index is 0.102. The number of nitrogens with one attached hydrogen (secondary N) is 1. The summed E-state index contributed by atoms with van der Waals surface area (Å²) < 4.78 is 7.48. The van der Waals surface area contributed by atoms with Crippen molar-refractivity contribution in [2.45, 2.75) is 25.2 Å². The van der Waals surface area contributed by atoms with E-state index in [1.807, 2.05) is 35.7 Å². The Kier molecular flexibility index (Phi) is 7.11. The van der Waals surface area contributed by atoms with E-state index in [0.717, 1.165) is 61.6 Å². The number of aromatic nitrogens is 4. The molecule has 0 atom stereocenters. The summed E-state index contributed by atoms with van der Waals surface area (Å²) in [5.74, 6) is 1.08. The van der Waals surface area contributed by atoms with Gasteiger partial charge in [-0.1, -0.05) is 42.1 Å². The summed E-state index contributed by atoms with van der Waals surface area (Å²) in [6, 6.07) is 9.92. The molecule has 3 heterocycles. The minimum atomic E-state index is -0.102. The average Bonchev–Trinajstić information content (AvgIpc) is 3.40. The third kappa shape index (κ3) is 5.25. The van der Waals surface area contributed by atoms with Crippen LogP contribution in [-0.2, 0) is 22.6 Å². The van der Waals surface area contributed by atoms with Gasteiger partial charge in [-0.15, -0.1) is 21.5 Å². The number of hydrogen-bond donors (Lipinski definition) is 1. The van der Waals surface area contributed by atoms with E-state index in [9.17, 15) is 4.79 Å². The molecule has 1 fully saturated rings. The summed E-state index contributed by atoms with van der Waals surface area (Å²) in [7, 11) is 0. The van der Waals surface area contributed by atoms with Crippen LogP contribution in [0.4, 0.5) is 5.13 Å². The fourth-order valence-corrected chi connectivity index (χ4v) is 4.73. The zero-order valence-electron chi connectivity index (χ0n) is 16.8. The number of nitrogens with zero attached hydrogens (tertiary/aromatic N) is 5. The number of hydrogen-bond acceptors (Lipinski definition) is 8. The van der Waals surface area contributed by atoms with Crippen molar-refractivity contribution in [3.8, 4) is 11.3 Å². The zero-order valence-corrected chi connectivity index (χ0v) is 18.4. The molecular formula is C20H24N6O2S2. The molecule has 30 heavy (non-hydrogen) atoms. The number of amides is 1. The monoisotopic (exact) mass is 444 g/mol. The zero-order chi connectivity index (χ0) is 20.8. The molecule has 0 aliphatic carbocycles. The van der Waals surface area contributed by atoms with Gasteiger partial charge >= 0.3 is 0 Å². The largest absolute Gasteiger partial charge is 0.379 e. The highest BCUT2D eigenvalue weighted by molar-refractivity contribution is 7.99. The molecule has 0 spiro atoms. The van der Waals surface area contributed by atoms with Crippen LogP contribution >= 0.6 is 23.1 Å². The molecule has 0 radical (unpaired) electrons. The van der Waals surface area contributed by atoms with Crippen molar-refractivity contribution < 1.29 is 9.53 Å². The number of anilines is 1. The predicted octanol–water partition coefficient (Wildman–Crippen LogP) is 2.98. The van der Waals surface area contributed by atoms with E-state index >= 15 is 0 Å². The molecule has 1 saturated heterocycles. The van der Waals surface area contributed by atoms with E-state index in [-0.39, 0.29) is 11.7 Å². The van der Waals surface area contributed by atoms with Crippen molar-refractivity contribution in [2.24, 2.45) is 0 Å². The van der Waals surface area contributed by atoms with Crippen LogP contribution in [-0.4, -0.2) is 62.6 Å². The Morgan fingerprint density at radius 1 is 1.23 bits per heavy atom. The van der Waals surface area contributed by atoms with Gasteiger partial charge in [-0.3, -0.25) is 9.69 Å². The first-order valence-electron chi connectivity index (χ1n) is 9.88. The number of benzene rings is 1. The van der Waals surface area contributed by atoms with Crippen LogP contribution in [0.25, 0.3) is 11.3 Å². The van der Waals surface area contributed by atoms with E-state index in [1.54, 1.807) is 0 Å². The number of rotatable bonds is 8. The highest BCUT2D eigenvalue weighted by Gasteiger charge is 2.18. The fraction of sp³-hybridized carbons (Fsp3) is 0.400. The molecule has 8 nitrogen and oxygen atoms in total. The number of carbonyl (C=O) groups is 1. The van der Waals surface area contributed by atoms with Crippen LogP contribution in [0.1, 0.15) is 12.7 Å². The van der Waals surface area contributed by atoms with Gasteiger partial charge in [0.2, 0.25) is 5.91 Å². The Balaban J connectivity index is 1.32. The highest BCUT2D eigenvalue weighted by atomic mass is 32.2. The van der Waals surface area contributed by atoms with Gasteiger partial charge in [-0.25, -0.2) is 4.98 Å². The molecule has 3 aromatic rings. The first-order chi connectivity index (χ1) is 14.7. The average molecular weight is 445 g/mol. The van der Waals surface area contributed by atoms with Gasteiger partial charge in [-0.2, -0.15) is 0 Å². The molecular weight excluding hydrogens is 420 g/mol. The summed E-state index contributed by atoms with van der Waals surface area (Å²) in [5, 5.41) is 14.8.